The Bertz CT molecular complexity index is 927. The molecule has 2 aliphatic heterocycles. The molecule has 0 N–H and O–H groups in total. The normalized spacial score (nSPS) is 24.3. The van der Waals surface area contributed by atoms with Gasteiger partial charge in [-0.1, -0.05) is 84.9 Å². The summed E-state index contributed by atoms with van der Waals surface area (Å²) in [6.07, 6.45) is 4.30. The van der Waals surface area contributed by atoms with Crippen LogP contribution in [0.3, 0.4) is 0 Å². The van der Waals surface area contributed by atoms with Crippen molar-refractivity contribution >= 4 is 5.57 Å². The molecule has 0 saturated carbocycles. The van der Waals surface area contributed by atoms with Gasteiger partial charge in [-0.15, -0.1) is 0 Å². The second-order valence-electron chi connectivity index (χ2n) is 6.98. The van der Waals surface area contributed by atoms with E-state index in [1.54, 1.807) is 0 Å². The molecule has 0 saturated heterocycles. The maximum Gasteiger partial charge on any atom is 0.117 e. The number of hydrogen-bond donors (Lipinski definition) is 0. The minimum absolute atomic E-state index is 0.116. The SMILES string of the molecule is C1=C(c2ccccc2)C[C@@H]2O[C@@]1(c1ccccc1)Cc1ccccc12. The highest BCUT2D eigenvalue weighted by Crippen LogP contribution is 2.50. The van der Waals surface area contributed by atoms with E-state index in [1.165, 1.54) is 27.8 Å². The summed E-state index contributed by atoms with van der Waals surface area (Å²) in [7, 11) is 0. The van der Waals surface area contributed by atoms with Crippen molar-refractivity contribution in [1.29, 1.82) is 0 Å². The van der Waals surface area contributed by atoms with E-state index in [4.69, 9.17) is 4.74 Å². The van der Waals surface area contributed by atoms with Gasteiger partial charge in [-0.05, 0) is 33.9 Å². The summed E-state index contributed by atoms with van der Waals surface area (Å²) in [6.45, 7) is 0. The molecule has 2 bridgehead atoms. The van der Waals surface area contributed by atoms with Crippen LogP contribution in [0.25, 0.3) is 5.57 Å². The molecule has 2 heterocycles. The largest absolute Gasteiger partial charge is 0.358 e. The van der Waals surface area contributed by atoms with Gasteiger partial charge < -0.3 is 4.74 Å². The molecule has 2 atom stereocenters. The number of rotatable bonds is 2. The lowest BCUT2D eigenvalue weighted by Crippen LogP contribution is -2.39. The zero-order valence-electron chi connectivity index (χ0n) is 14.1. The van der Waals surface area contributed by atoms with Gasteiger partial charge in [0.05, 0.1) is 6.10 Å². The van der Waals surface area contributed by atoms with Gasteiger partial charge in [0.1, 0.15) is 5.60 Å². The first-order valence-corrected chi connectivity index (χ1v) is 8.92. The van der Waals surface area contributed by atoms with Crippen molar-refractivity contribution in [1.82, 2.24) is 0 Å². The highest BCUT2D eigenvalue weighted by atomic mass is 16.5. The zero-order valence-corrected chi connectivity index (χ0v) is 14.1. The van der Waals surface area contributed by atoms with E-state index in [1.807, 2.05) is 0 Å². The van der Waals surface area contributed by atoms with Gasteiger partial charge >= 0.3 is 0 Å². The van der Waals surface area contributed by atoms with Crippen molar-refractivity contribution in [3.8, 4) is 0 Å². The Morgan fingerprint density at radius 3 is 2.24 bits per heavy atom. The summed E-state index contributed by atoms with van der Waals surface area (Å²) >= 11 is 0. The fraction of sp³-hybridized carbons (Fsp3) is 0.167. The quantitative estimate of drug-likeness (QED) is 0.589. The molecular weight excluding hydrogens is 304 g/mol. The van der Waals surface area contributed by atoms with Crippen LogP contribution in [0.5, 0.6) is 0 Å². The van der Waals surface area contributed by atoms with E-state index >= 15 is 0 Å². The molecule has 3 aromatic rings. The molecule has 122 valence electrons. The fourth-order valence-corrected chi connectivity index (χ4v) is 4.26. The van der Waals surface area contributed by atoms with Gasteiger partial charge in [0, 0.05) is 12.8 Å². The lowest BCUT2D eigenvalue weighted by molar-refractivity contribution is -0.0867. The molecule has 0 fully saturated rings. The molecular formula is C24H20O. The topological polar surface area (TPSA) is 9.23 Å². The monoisotopic (exact) mass is 324 g/mol. The smallest absolute Gasteiger partial charge is 0.117 e. The van der Waals surface area contributed by atoms with Gasteiger partial charge in [-0.3, -0.25) is 0 Å². The third-order valence-electron chi connectivity index (χ3n) is 5.43. The zero-order chi connectivity index (χ0) is 16.7. The predicted octanol–water partition coefficient (Wildman–Crippen LogP) is 5.68. The van der Waals surface area contributed by atoms with Crippen LogP contribution in [-0.4, -0.2) is 0 Å². The van der Waals surface area contributed by atoms with Crippen LogP contribution < -0.4 is 0 Å². The Hall–Kier alpha value is -2.64. The molecule has 0 unspecified atom stereocenters. The van der Waals surface area contributed by atoms with E-state index in [0.717, 1.165) is 12.8 Å². The van der Waals surface area contributed by atoms with Gasteiger partial charge in [-0.25, -0.2) is 0 Å². The molecule has 0 spiro atoms. The first-order valence-electron chi connectivity index (χ1n) is 8.92. The second-order valence-corrected chi connectivity index (χ2v) is 6.98. The van der Waals surface area contributed by atoms with Crippen LogP contribution in [0.15, 0.2) is 91.0 Å². The van der Waals surface area contributed by atoms with E-state index in [9.17, 15) is 0 Å². The Kier molecular flexibility index (Phi) is 3.36. The van der Waals surface area contributed by atoms with Crippen LogP contribution in [0, 0.1) is 0 Å². The van der Waals surface area contributed by atoms with Crippen molar-refractivity contribution in [3.63, 3.8) is 0 Å². The van der Waals surface area contributed by atoms with Gasteiger partial charge in [0.2, 0.25) is 0 Å². The third-order valence-corrected chi connectivity index (χ3v) is 5.43. The van der Waals surface area contributed by atoms with Crippen LogP contribution in [0.2, 0.25) is 0 Å². The van der Waals surface area contributed by atoms with Gasteiger partial charge in [-0.2, -0.15) is 0 Å². The summed E-state index contributed by atoms with van der Waals surface area (Å²) in [5, 5.41) is 0. The summed E-state index contributed by atoms with van der Waals surface area (Å²) in [5.74, 6) is 0. The number of hydrogen-bond acceptors (Lipinski definition) is 1. The van der Waals surface area contributed by atoms with E-state index < -0.39 is 0 Å². The molecule has 0 aliphatic carbocycles. The Morgan fingerprint density at radius 2 is 1.44 bits per heavy atom. The minimum atomic E-state index is -0.371. The molecule has 25 heavy (non-hydrogen) atoms. The van der Waals surface area contributed by atoms with E-state index in [0.29, 0.717) is 0 Å². The van der Waals surface area contributed by atoms with Crippen LogP contribution >= 0.6 is 0 Å². The van der Waals surface area contributed by atoms with Crippen molar-refractivity contribution in [2.24, 2.45) is 0 Å². The minimum Gasteiger partial charge on any atom is -0.358 e. The number of ether oxygens (including phenoxy) is 1. The van der Waals surface area contributed by atoms with Crippen LogP contribution in [0.4, 0.5) is 0 Å². The molecule has 1 nitrogen and oxygen atoms in total. The Balaban J connectivity index is 1.70. The molecule has 0 radical (unpaired) electrons. The Morgan fingerprint density at radius 1 is 0.760 bits per heavy atom. The molecule has 1 heteroatoms. The summed E-state index contributed by atoms with van der Waals surface area (Å²) in [6, 6.07) is 30.1. The predicted molar refractivity (Wildman–Crippen MR) is 101 cm³/mol. The van der Waals surface area contributed by atoms with Crippen molar-refractivity contribution in [2.45, 2.75) is 24.5 Å². The van der Waals surface area contributed by atoms with Crippen LogP contribution in [-0.2, 0) is 16.8 Å². The first-order chi connectivity index (χ1) is 12.3. The second kappa shape index (κ2) is 5.72. The molecule has 2 aliphatic rings. The van der Waals surface area contributed by atoms with Crippen LogP contribution in [0.1, 0.15) is 34.8 Å². The lowest BCUT2D eigenvalue weighted by atomic mass is 9.75. The summed E-state index contributed by atoms with van der Waals surface area (Å²) in [4.78, 5) is 0. The molecule has 5 rings (SSSR count). The maximum atomic E-state index is 6.70. The summed E-state index contributed by atoms with van der Waals surface area (Å²) in [5.41, 5.74) is 6.30. The van der Waals surface area contributed by atoms with E-state index in [-0.39, 0.29) is 11.7 Å². The van der Waals surface area contributed by atoms with Crippen molar-refractivity contribution in [3.05, 3.63) is 113 Å². The molecule has 3 aromatic carbocycles. The lowest BCUT2D eigenvalue weighted by Gasteiger charge is -2.45. The highest BCUT2D eigenvalue weighted by Gasteiger charge is 2.43. The van der Waals surface area contributed by atoms with Crippen molar-refractivity contribution in [2.75, 3.05) is 0 Å². The number of fused-ring (bicyclic) bond motifs is 4. The average molecular weight is 324 g/mol. The fourth-order valence-electron chi connectivity index (χ4n) is 4.26. The molecule has 0 amide bonds. The van der Waals surface area contributed by atoms with E-state index in [2.05, 4.69) is 91.0 Å². The molecule has 0 aromatic heterocycles. The average Bonchev–Trinajstić information content (AvgIpc) is 2.69. The van der Waals surface area contributed by atoms with Gasteiger partial charge in [0.25, 0.3) is 0 Å². The van der Waals surface area contributed by atoms with Crippen molar-refractivity contribution < 1.29 is 4.74 Å². The standard InChI is InChI=1S/C24H20O/c1-3-9-18(10-4-1)20-15-23-22-14-8-7-11-19(22)16-24(17-20,25-23)21-12-5-2-6-13-21/h1-14,17,23H,15-16H2/t23-,24-/m0/s1. The first kappa shape index (κ1) is 14.7. The highest BCUT2D eigenvalue weighted by molar-refractivity contribution is 5.69. The third kappa shape index (κ3) is 2.43. The number of benzene rings is 3. The van der Waals surface area contributed by atoms with Gasteiger partial charge in [0.15, 0.2) is 0 Å². The summed E-state index contributed by atoms with van der Waals surface area (Å²) < 4.78 is 6.70. The Labute approximate surface area is 148 Å². The maximum absolute atomic E-state index is 6.70.